The van der Waals surface area contributed by atoms with Gasteiger partial charge in [-0.2, -0.15) is 0 Å². The Morgan fingerprint density at radius 3 is 2.63 bits per heavy atom. The van der Waals surface area contributed by atoms with Crippen molar-refractivity contribution in [3.05, 3.63) is 53.7 Å². The number of halogens is 1. The van der Waals surface area contributed by atoms with Gasteiger partial charge in [0, 0.05) is 5.56 Å². The van der Waals surface area contributed by atoms with Crippen molar-refractivity contribution in [2.24, 2.45) is 5.73 Å². The number of benzene rings is 1. The first-order chi connectivity index (χ1) is 9.08. The molecule has 6 heteroatoms. The minimum absolute atomic E-state index is 0.196. The second kappa shape index (κ2) is 5.71. The fraction of sp³-hybridized carbons (Fsp3) is 0.154. The van der Waals surface area contributed by atoms with E-state index in [1.165, 1.54) is 18.5 Å². The van der Waals surface area contributed by atoms with Gasteiger partial charge in [-0.25, -0.2) is 14.4 Å². The van der Waals surface area contributed by atoms with Crippen LogP contribution in [0, 0.1) is 5.82 Å². The van der Waals surface area contributed by atoms with Crippen molar-refractivity contribution >= 4 is 23.0 Å². The van der Waals surface area contributed by atoms with E-state index in [0.29, 0.717) is 17.1 Å². The summed E-state index contributed by atoms with van der Waals surface area (Å²) >= 11 is 4.79. The molecule has 3 N–H and O–H groups in total. The van der Waals surface area contributed by atoms with Crippen molar-refractivity contribution in [2.45, 2.75) is 13.0 Å². The SMILES string of the molecule is CC(Nc1cnc(C(N)=S)cn1)c1ccccc1F. The number of hydrogen-bond acceptors (Lipinski definition) is 4. The first kappa shape index (κ1) is 13.4. The second-order valence-electron chi connectivity index (χ2n) is 4.04. The van der Waals surface area contributed by atoms with Crippen LogP contribution in [0.15, 0.2) is 36.7 Å². The minimum atomic E-state index is -0.254. The number of rotatable bonds is 4. The highest BCUT2D eigenvalue weighted by Crippen LogP contribution is 2.19. The molecule has 0 spiro atoms. The Kier molecular flexibility index (Phi) is 4.01. The predicted octanol–water partition coefficient (Wildman–Crippen LogP) is 2.42. The Morgan fingerprint density at radius 1 is 1.32 bits per heavy atom. The monoisotopic (exact) mass is 276 g/mol. The summed E-state index contributed by atoms with van der Waals surface area (Å²) in [5.74, 6) is 0.283. The van der Waals surface area contributed by atoms with Crippen LogP contribution < -0.4 is 11.1 Å². The van der Waals surface area contributed by atoms with Gasteiger partial charge < -0.3 is 11.1 Å². The van der Waals surface area contributed by atoms with Crippen LogP contribution >= 0.6 is 12.2 Å². The second-order valence-corrected chi connectivity index (χ2v) is 4.48. The van der Waals surface area contributed by atoms with Gasteiger partial charge in [0.25, 0.3) is 0 Å². The fourth-order valence-electron chi connectivity index (χ4n) is 1.66. The van der Waals surface area contributed by atoms with Crippen LogP contribution in [0.3, 0.4) is 0 Å². The summed E-state index contributed by atoms with van der Waals surface area (Å²) in [6.07, 6.45) is 3.00. The fourth-order valence-corrected chi connectivity index (χ4v) is 1.76. The highest BCUT2D eigenvalue weighted by Gasteiger charge is 2.10. The number of hydrogen-bond donors (Lipinski definition) is 2. The number of aromatic nitrogens is 2. The molecule has 0 aliphatic heterocycles. The lowest BCUT2D eigenvalue weighted by Gasteiger charge is -2.15. The average Bonchev–Trinajstić information content (AvgIpc) is 2.39. The van der Waals surface area contributed by atoms with E-state index >= 15 is 0 Å². The van der Waals surface area contributed by atoms with Crippen LogP contribution in [0.4, 0.5) is 10.2 Å². The third-order valence-electron chi connectivity index (χ3n) is 2.64. The molecule has 0 fully saturated rings. The zero-order valence-corrected chi connectivity index (χ0v) is 11.1. The summed E-state index contributed by atoms with van der Waals surface area (Å²) in [7, 11) is 0. The van der Waals surface area contributed by atoms with Crippen molar-refractivity contribution < 1.29 is 4.39 Å². The van der Waals surface area contributed by atoms with E-state index < -0.39 is 0 Å². The third-order valence-corrected chi connectivity index (χ3v) is 2.85. The quantitative estimate of drug-likeness (QED) is 0.840. The van der Waals surface area contributed by atoms with E-state index in [2.05, 4.69) is 15.3 Å². The molecular formula is C13H13FN4S. The Morgan fingerprint density at radius 2 is 2.05 bits per heavy atom. The van der Waals surface area contributed by atoms with Crippen LogP contribution in [0.2, 0.25) is 0 Å². The Bertz CT molecular complexity index is 585. The number of nitrogens with zero attached hydrogens (tertiary/aromatic N) is 2. The predicted molar refractivity (Wildman–Crippen MR) is 76.4 cm³/mol. The zero-order valence-electron chi connectivity index (χ0n) is 10.3. The molecule has 0 amide bonds. The molecule has 0 radical (unpaired) electrons. The molecule has 0 saturated heterocycles. The number of anilines is 1. The highest BCUT2D eigenvalue weighted by molar-refractivity contribution is 7.80. The molecule has 0 aliphatic carbocycles. The van der Waals surface area contributed by atoms with E-state index in [-0.39, 0.29) is 16.8 Å². The standard InChI is InChI=1S/C13H13FN4S/c1-8(9-4-2-3-5-10(9)14)18-12-7-16-11(6-17-12)13(15)19/h2-8H,1H3,(H2,15,19)(H,17,18). The molecule has 1 unspecified atom stereocenters. The largest absolute Gasteiger partial charge is 0.388 e. The molecule has 2 rings (SSSR count). The molecule has 1 atom stereocenters. The van der Waals surface area contributed by atoms with Gasteiger partial charge in [-0.05, 0) is 13.0 Å². The van der Waals surface area contributed by atoms with Crippen molar-refractivity contribution in [3.8, 4) is 0 Å². The smallest absolute Gasteiger partial charge is 0.144 e. The van der Waals surface area contributed by atoms with Crippen molar-refractivity contribution in [1.82, 2.24) is 9.97 Å². The van der Waals surface area contributed by atoms with Gasteiger partial charge in [0.15, 0.2) is 0 Å². The van der Waals surface area contributed by atoms with E-state index in [1.54, 1.807) is 18.2 Å². The summed E-state index contributed by atoms with van der Waals surface area (Å²) in [6.45, 7) is 1.85. The normalized spacial score (nSPS) is 11.9. The van der Waals surface area contributed by atoms with Gasteiger partial charge in [0.05, 0.1) is 18.4 Å². The first-order valence-corrected chi connectivity index (χ1v) is 6.11. The van der Waals surface area contributed by atoms with Gasteiger partial charge >= 0.3 is 0 Å². The van der Waals surface area contributed by atoms with Crippen molar-refractivity contribution in [1.29, 1.82) is 0 Å². The molecule has 1 aromatic carbocycles. The van der Waals surface area contributed by atoms with Crippen LogP contribution in [-0.4, -0.2) is 15.0 Å². The molecule has 1 aromatic heterocycles. The minimum Gasteiger partial charge on any atom is -0.388 e. The maximum Gasteiger partial charge on any atom is 0.144 e. The topological polar surface area (TPSA) is 63.8 Å². The van der Waals surface area contributed by atoms with Crippen molar-refractivity contribution in [2.75, 3.05) is 5.32 Å². The summed E-state index contributed by atoms with van der Waals surface area (Å²) in [6, 6.07) is 6.38. The van der Waals surface area contributed by atoms with E-state index in [4.69, 9.17) is 18.0 Å². The van der Waals surface area contributed by atoms with Crippen LogP contribution in [-0.2, 0) is 0 Å². The molecule has 98 valence electrons. The van der Waals surface area contributed by atoms with Gasteiger partial charge in [-0.1, -0.05) is 30.4 Å². The van der Waals surface area contributed by atoms with Gasteiger partial charge in [0.2, 0.25) is 0 Å². The maximum absolute atomic E-state index is 13.6. The summed E-state index contributed by atoms with van der Waals surface area (Å²) in [5, 5.41) is 3.07. The maximum atomic E-state index is 13.6. The first-order valence-electron chi connectivity index (χ1n) is 5.70. The van der Waals surface area contributed by atoms with E-state index in [9.17, 15) is 4.39 Å². The molecule has 19 heavy (non-hydrogen) atoms. The van der Waals surface area contributed by atoms with E-state index in [1.807, 2.05) is 6.92 Å². The summed E-state index contributed by atoms with van der Waals surface area (Å²) in [4.78, 5) is 8.39. The van der Waals surface area contributed by atoms with Crippen LogP contribution in [0.25, 0.3) is 0 Å². The Balaban J connectivity index is 2.13. The lowest BCUT2D eigenvalue weighted by Crippen LogP contribution is -2.14. The number of thiocarbonyl (C=S) groups is 1. The van der Waals surface area contributed by atoms with Crippen LogP contribution in [0.5, 0.6) is 0 Å². The molecule has 4 nitrogen and oxygen atoms in total. The number of nitrogens with one attached hydrogen (secondary N) is 1. The van der Waals surface area contributed by atoms with Gasteiger partial charge in [-0.15, -0.1) is 0 Å². The highest BCUT2D eigenvalue weighted by atomic mass is 32.1. The van der Waals surface area contributed by atoms with Crippen LogP contribution in [0.1, 0.15) is 24.2 Å². The molecular weight excluding hydrogens is 263 g/mol. The molecule has 0 saturated carbocycles. The molecule has 1 heterocycles. The van der Waals surface area contributed by atoms with Crippen molar-refractivity contribution in [3.63, 3.8) is 0 Å². The zero-order chi connectivity index (χ0) is 13.8. The summed E-state index contributed by atoms with van der Waals surface area (Å²) < 4.78 is 13.6. The molecule has 2 aromatic rings. The Hall–Kier alpha value is -2.08. The van der Waals surface area contributed by atoms with Gasteiger partial charge in [0.1, 0.15) is 22.3 Å². The number of nitrogens with two attached hydrogens (primary N) is 1. The molecule has 0 aliphatic rings. The average molecular weight is 276 g/mol. The third kappa shape index (κ3) is 3.23. The van der Waals surface area contributed by atoms with E-state index in [0.717, 1.165) is 0 Å². The lowest BCUT2D eigenvalue weighted by atomic mass is 10.1. The molecule has 0 bridgehead atoms. The van der Waals surface area contributed by atoms with Gasteiger partial charge in [-0.3, -0.25) is 0 Å². The lowest BCUT2D eigenvalue weighted by molar-refractivity contribution is 0.600. The summed E-state index contributed by atoms with van der Waals surface area (Å²) in [5.41, 5.74) is 6.46. The Labute approximate surface area is 115 Å².